The molecule has 0 aliphatic carbocycles. The van der Waals surface area contributed by atoms with Crippen LogP contribution in [-0.2, 0) is 9.84 Å². The van der Waals surface area contributed by atoms with E-state index in [0.29, 0.717) is 19.0 Å². The van der Waals surface area contributed by atoms with E-state index in [9.17, 15) is 8.42 Å². The molecule has 0 saturated carbocycles. The molecule has 1 fully saturated rings. The first-order chi connectivity index (χ1) is 11.0. The summed E-state index contributed by atoms with van der Waals surface area (Å²) in [5, 5.41) is 10.9. The summed E-state index contributed by atoms with van der Waals surface area (Å²) in [6.45, 7) is 5.87. The van der Waals surface area contributed by atoms with E-state index in [-0.39, 0.29) is 35.5 Å². The Morgan fingerprint density at radius 2 is 2.08 bits per heavy atom. The van der Waals surface area contributed by atoms with E-state index in [1.807, 2.05) is 0 Å². The van der Waals surface area contributed by atoms with Crippen molar-refractivity contribution in [1.82, 2.24) is 15.5 Å². The molecule has 1 saturated heterocycles. The van der Waals surface area contributed by atoms with Crippen molar-refractivity contribution in [3.8, 4) is 0 Å². The monoisotopic (exact) mass is 486 g/mol. The van der Waals surface area contributed by atoms with Crippen molar-refractivity contribution in [2.24, 2.45) is 4.99 Å². The minimum atomic E-state index is -2.80. The van der Waals surface area contributed by atoms with Crippen LogP contribution >= 0.6 is 35.3 Å². The Morgan fingerprint density at radius 1 is 1.38 bits per heavy atom. The van der Waals surface area contributed by atoms with E-state index in [1.54, 1.807) is 18.4 Å². The largest absolute Gasteiger partial charge is 0.356 e. The van der Waals surface area contributed by atoms with Crippen LogP contribution in [0.5, 0.6) is 0 Å². The Hall–Kier alpha value is -0.390. The molecule has 0 amide bonds. The molecule has 2 N–H and O–H groups in total. The van der Waals surface area contributed by atoms with Crippen LogP contribution in [0, 0.1) is 0 Å². The summed E-state index contributed by atoms with van der Waals surface area (Å²) < 4.78 is 22.8. The lowest BCUT2D eigenvalue weighted by molar-refractivity contribution is 0.299. The lowest BCUT2D eigenvalue weighted by Crippen LogP contribution is -2.46. The second kappa shape index (κ2) is 10.6. The molecule has 0 aromatic carbocycles. The summed E-state index contributed by atoms with van der Waals surface area (Å²) in [5.74, 6) is 1.78. The van der Waals surface area contributed by atoms with Crippen molar-refractivity contribution in [1.29, 1.82) is 0 Å². The lowest BCUT2D eigenvalue weighted by atomic mass is 10.1. The predicted octanol–water partition coefficient (Wildman–Crippen LogP) is 1.37. The Labute approximate surface area is 166 Å². The van der Waals surface area contributed by atoms with Crippen LogP contribution in [0.2, 0.25) is 0 Å². The van der Waals surface area contributed by atoms with Crippen LogP contribution < -0.4 is 10.6 Å². The third-order valence-corrected chi connectivity index (χ3v) is 6.38. The SMILES string of the molecule is CN=C(NCCN1CCS(=O)(=O)CC1)NCC(C)c1ccsc1.I. The molecule has 1 aromatic rings. The summed E-state index contributed by atoms with van der Waals surface area (Å²) in [6, 6.07) is 2.15. The normalized spacial score (nSPS) is 19.3. The summed E-state index contributed by atoms with van der Waals surface area (Å²) in [4.78, 5) is 6.41. The van der Waals surface area contributed by atoms with Crippen molar-refractivity contribution >= 4 is 51.1 Å². The quantitative estimate of drug-likeness (QED) is 0.361. The van der Waals surface area contributed by atoms with Crippen LogP contribution in [0.3, 0.4) is 0 Å². The zero-order chi connectivity index (χ0) is 16.7. The molecule has 9 heteroatoms. The van der Waals surface area contributed by atoms with Gasteiger partial charge >= 0.3 is 0 Å². The zero-order valence-electron chi connectivity index (χ0n) is 14.2. The number of halogens is 1. The molecule has 0 bridgehead atoms. The maximum Gasteiger partial charge on any atom is 0.191 e. The number of nitrogens with one attached hydrogen (secondary N) is 2. The first-order valence-corrected chi connectivity index (χ1v) is 10.7. The fraction of sp³-hybridized carbons (Fsp3) is 0.667. The highest BCUT2D eigenvalue weighted by Gasteiger charge is 2.20. The van der Waals surface area contributed by atoms with E-state index in [4.69, 9.17) is 0 Å². The van der Waals surface area contributed by atoms with Crippen molar-refractivity contribution in [3.63, 3.8) is 0 Å². The van der Waals surface area contributed by atoms with Gasteiger partial charge in [-0.2, -0.15) is 11.3 Å². The van der Waals surface area contributed by atoms with Gasteiger partial charge in [-0.15, -0.1) is 24.0 Å². The fourth-order valence-corrected chi connectivity index (χ4v) is 4.51. The minimum Gasteiger partial charge on any atom is -0.356 e. The highest BCUT2D eigenvalue weighted by Crippen LogP contribution is 2.16. The third kappa shape index (κ3) is 7.24. The fourth-order valence-electron chi connectivity index (χ4n) is 2.45. The Morgan fingerprint density at radius 3 is 2.67 bits per heavy atom. The highest BCUT2D eigenvalue weighted by atomic mass is 127. The van der Waals surface area contributed by atoms with Crippen molar-refractivity contribution < 1.29 is 8.42 Å². The summed E-state index contributed by atoms with van der Waals surface area (Å²) in [7, 11) is -1.04. The standard InChI is InChI=1S/C15H26N4O2S2.HI/c1-13(14-3-8-22-12-14)11-18-15(16-2)17-4-5-19-6-9-23(20,21)10-7-19;/h3,8,12-13H,4-7,9-11H2,1-2H3,(H2,16,17,18);1H. The van der Waals surface area contributed by atoms with Gasteiger partial charge in [0.05, 0.1) is 11.5 Å². The van der Waals surface area contributed by atoms with E-state index in [2.05, 4.69) is 44.3 Å². The van der Waals surface area contributed by atoms with E-state index in [1.165, 1.54) is 5.56 Å². The second-order valence-corrected chi connectivity index (χ2v) is 8.91. The molecule has 2 heterocycles. The smallest absolute Gasteiger partial charge is 0.191 e. The second-order valence-electron chi connectivity index (χ2n) is 5.83. The van der Waals surface area contributed by atoms with Gasteiger partial charge in [0.1, 0.15) is 0 Å². The van der Waals surface area contributed by atoms with Crippen LogP contribution in [-0.4, -0.2) is 70.6 Å². The van der Waals surface area contributed by atoms with Crippen LogP contribution in [0.4, 0.5) is 0 Å². The number of rotatable bonds is 6. The van der Waals surface area contributed by atoms with Gasteiger partial charge in [-0.1, -0.05) is 6.92 Å². The number of hydrogen-bond acceptors (Lipinski definition) is 5. The molecule has 1 aliphatic heterocycles. The van der Waals surface area contributed by atoms with Gasteiger partial charge in [0.2, 0.25) is 0 Å². The number of aliphatic imine (C=N–C) groups is 1. The molecule has 1 unspecified atom stereocenters. The summed E-state index contributed by atoms with van der Waals surface area (Å²) >= 11 is 1.72. The van der Waals surface area contributed by atoms with Crippen LogP contribution in [0.1, 0.15) is 18.4 Å². The molecule has 2 rings (SSSR count). The van der Waals surface area contributed by atoms with Gasteiger partial charge in [0.15, 0.2) is 15.8 Å². The molecule has 1 aromatic heterocycles. The Balaban J connectivity index is 0.00000288. The summed E-state index contributed by atoms with van der Waals surface area (Å²) in [6.07, 6.45) is 0. The molecule has 138 valence electrons. The maximum atomic E-state index is 11.4. The first-order valence-electron chi connectivity index (χ1n) is 7.89. The van der Waals surface area contributed by atoms with Gasteiger partial charge in [0, 0.05) is 39.8 Å². The van der Waals surface area contributed by atoms with Gasteiger partial charge < -0.3 is 10.6 Å². The first kappa shape index (κ1) is 21.7. The molecular weight excluding hydrogens is 459 g/mol. The van der Waals surface area contributed by atoms with Crippen molar-refractivity contribution in [2.45, 2.75) is 12.8 Å². The van der Waals surface area contributed by atoms with E-state index < -0.39 is 9.84 Å². The molecular formula is C15H27IN4O2S2. The average molecular weight is 486 g/mol. The molecule has 0 radical (unpaired) electrons. The van der Waals surface area contributed by atoms with Gasteiger partial charge in [-0.3, -0.25) is 9.89 Å². The Bertz CT molecular complexity index is 591. The predicted molar refractivity (Wildman–Crippen MR) is 113 cm³/mol. The molecule has 6 nitrogen and oxygen atoms in total. The van der Waals surface area contributed by atoms with Crippen molar-refractivity contribution in [3.05, 3.63) is 22.4 Å². The van der Waals surface area contributed by atoms with Crippen LogP contribution in [0.25, 0.3) is 0 Å². The topological polar surface area (TPSA) is 73.8 Å². The average Bonchev–Trinajstić information content (AvgIpc) is 3.06. The number of sulfone groups is 1. The van der Waals surface area contributed by atoms with E-state index in [0.717, 1.165) is 25.6 Å². The summed E-state index contributed by atoms with van der Waals surface area (Å²) in [5.41, 5.74) is 1.34. The molecule has 0 spiro atoms. The van der Waals surface area contributed by atoms with E-state index >= 15 is 0 Å². The number of hydrogen-bond donors (Lipinski definition) is 2. The number of guanidine groups is 1. The Kier molecular flexibility index (Phi) is 9.53. The lowest BCUT2D eigenvalue weighted by Gasteiger charge is -2.26. The van der Waals surface area contributed by atoms with Crippen LogP contribution in [0.15, 0.2) is 21.8 Å². The maximum absolute atomic E-state index is 11.4. The van der Waals surface area contributed by atoms with Crippen molar-refractivity contribution in [2.75, 3.05) is 51.3 Å². The number of thiophene rings is 1. The minimum absolute atomic E-state index is 0. The molecule has 1 aliphatic rings. The van der Waals surface area contributed by atoms with Gasteiger partial charge in [-0.25, -0.2) is 8.42 Å². The molecule has 1 atom stereocenters. The van der Waals surface area contributed by atoms with Gasteiger partial charge in [0.25, 0.3) is 0 Å². The zero-order valence-corrected chi connectivity index (χ0v) is 18.2. The molecule has 24 heavy (non-hydrogen) atoms. The number of nitrogens with zero attached hydrogens (tertiary/aromatic N) is 2. The van der Waals surface area contributed by atoms with Gasteiger partial charge in [-0.05, 0) is 28.3 Å². The third-order valence-electron chi connectivity index (χ3n) is 4.07. The highest BCUT2D eigenvalue weighted by molar-refractivity contribution is 14.0.